The fraction of sp³-hybridized carbons (Fsp3) is 0.333. The van der Waals surface area contributed by atoms with Crippen LogP contribution in [0.4, 0.5) is 5.69 Å². The van der Waals surface area contributed by atoms with Gasteiger partial charge in [-0.2, -0.15) is 0 Å². The molecule has 0 aliphatic carbocycles. The number of anilines is 1. The van der Waals surface area contributed by atoms with Gasteiger partial charge in [-0.15, -0.1) is 0 Å². The van der Waals surface area contributed by atoms with Crippen LogP contribution in [0, 0.1) is 0 Å². The molecule has 1 amide bonds. The van der Waals surface area contributed by atoms with Crippen molar-refractivity contribution in [3.63, 3.8) is 0 Å². The van der Waals surface area contributed by atoms with Crippen molar-refractivity contribution in [3.8, 4) is 11.5 Å². The summed E-state index contributed by atoms with van der Waals surface area (Å²) < 4.78 is 10.5. The van der Waals surface area contributed by atoms with E-state index in [1.807, 2.05) is 49.4 Å². The molecule has 0 heterocycles. The van der Waals surface area contributed by atoms with Crippen LogP contribution in [-0.2, 0) is 17.9 Å². The number of ether oxygens (including phenoxy) is 2. The van der Waals surface area contributed by atoms with Gasteiger partial charge < -0.3 is 25.4 Å². The molecule has 0 atom stereocenters. The molecule has 0 radical (unpaired) electrons. The number of benzene rings is 2. The standard InChI is InChI=1S/C21H28N4O3/c1-5-22-21(23-13-16-7-6-8-18(11-16)27-3)24-14-17-9-10-20(28-4)19(12-17)25-15(2)26/h6-12H,5,13-14H2,1-4H3,(H,25,26)(H2,22,23,24). The van der Waals surface area contributed by atoms with Crippen molar-refractivity contribution in [3.05, 3.63) is 53.6 Å². The lowest BCUT2D eigenvalue weighted by molar-refractivity contribution is -0.114. The minimum atomic E-state index is -0.142. The van der Waals surface area contributed by atoms with Gasteiger partial charge in [-0.1, -0.05) is 18.2 Å². The zero-order valence-corrected chi connectivity index (χ0v) is 16.8. The number of aliphatic imine (C=N–C) groups is 1. The molecular weight excluding hydrogens is 356 g/mol. The maximum atomic E-state index is 11.4. The Kier molecular flexibility index (Phi) is 8.14. The minimum Gasteiger partial charge on any atom is -0.497 e. The van der Waals surface area contributed by atoms with Crippen LogP contribution >= 0.6 is 0 Å². The normalized spacial score (nSPS) is 10.9. The highest BCUT2D eigenvalue weighted by Crippen LogP contribution is 2.25. The quantitative estimate of drug-likeness (QED) is 0.481. The van der Waals surface area contributed by atoms with Crippen LogP contribution in [0.1, 0.15) is 25.0 Å². The predicted molar refractivity (Wildman–Crippen MR) is 112 cm³/mol. The minimum absolute atomic E-state index is 0.142. The highest BCUT2D eigenvalue weighted by Gasteiger charge is 2.07. The first-order chi connectivity index (χ1) is 13.5. The molecule has 2 aromatic carbocycles. The fourth-order valence-electron chi connectivity index (χ4n) is 2.62. The molecule has 3 N–H and O–H groups in total. The number of guanidine groups is 1. The Labute approximate surface area is 166 Å². The summed E-state index contributed by atoms with van der Waals surface area (Å²) in [5, 5.41) is 9.33. The Morgan fingerprint density at radius 3 is 2.54 bits per heavy atom. The molecule has 0 saturated carbocycles. The number of hydrogen-bond acceptors (Lipinski definition) is 4. The molecule has 7 nitrogen and oxygen atoms in total. The van der Waals surface area contributed by atoms with Crippen molar-refractivity contribution < 1.29 is 14.3 Å². The van der Waals surface area contributed by atoms with Crippen molar-refractivity contribution in [2.24, 2.45) is 4.99 Å². The number of nitrogens with one attached hydrogen (secondary N) is 3. The second-order valence-electron chi connectivity index (χ2n) is 6.12. The molecule has 2 aromatic rings. The molecular formula is C21H28N4O3. The summed E-state index contributed by atoms with van der Waals surface area (Å²) in [5.41, 5.74) is 2.71. The molecule has 0 aromatic heterocycles. The lowest BCUT2D eigenvalue weighted by Gasteiger charge is -2.14. The van der Waals surface area contributed by atoms with Crippen molar-refractivity contribution in [2.45, 2.75) is 26.9 Å². The van der Waals surface area contributed by atoms with E-state index in [0.717, 1.165) is 23.4 Å². The van der Waals surface area contributed by atoms with Crippen LogP contribution in [0.2, 0.25) is 0 Å². The van der Waals surface area contributed by atoms with Gasteiger partial charge >= 0.3 is 0 Å². The lowest BCUT2D eigenvalue weighted by Crippen LogP contribution is -2.36. The number of carbonyl (C=O) groups excluding carboxylic acids is 1. The van der Waals surface area contributed by atoms with E-state index in [9.17, 15) is 4.79 Å². The topological polar surface area (TPSA) is 84.0 Å². The molecule has 0 bridgehead atoms. The van der Waals surface area contributed by atoms with Crippen molar-refractivity contribution >= 4 is 17.6 Å². The van der Waals surface area contributed by atoms with E-state index in [-0.39, 0.29) is 5.91 Å². The zero-order chi connectivity index (χ0) is 20.4. The van der Waals surface area contributed by atoms with Gasteiger partial charge in [0, 0.05) is 20.0 Å². The molecule has 28 heavy (non-hydrogen) atoms. The molecule has 150 valence electrons. The first kappa shape index (κ1) is 21.1. The summed E-state index contributed by atoms with van der Waals surface area (Å²) in [7, 11) is 3.23. The molecule has 0 saturated heterocycles. The molecule has 0 unspecified atom stereocenters. The smallest absolute Gasteiger partial charge is 0.221 e. The Morgan fingerprint density at radius 2 is 1.86 bits per heavy atom. The lowest BCUT2D eigenvalue weighted by atomic mass is 10.2. The third-order valence-corrected chi connectivity index (χ3v) is 3.93. The van der Waals surface area contributed by atoms with E-state index in [1.165, 1.54) is 6.92 Å². The SMILES string of the molecule is CCNC(=NCc1cccc(OC)c1)NCc1ccc(OC)c(NC(C)=O)c1. The monoisotopic (exact) mass is 384 g/mol. The first-order valence-electron chi connectivity index (χ1n) is 9.15. The number of rotatable bonds is 8. The molecule has 0 spiro atoms. The largest absolute Gasteiger partial charge is 0.497 e. The van der Waals surface area contributed by atoms with Crippen LogP contribution in [-0.4, -0.2) is 32.6 Å². The second-order valence-corrected chi connectivity index (χ2v) is 6.12. The van der Waals surface area contributed by atoms with Gasteiger partial charge in [-0.3, -0.25) is 4.79 Å². The Morgan fingerprint density at radius 1 is 1.04 bits per heavy atom. The van der Waals surface area contributed by atoms with Crippen LogP contribution in [0.5, 0.6) is 11.5 Å². The summed E-state index contributed by atoms with van der Waals surface area (Å²) in [6, 6.07) is 13.5. The molecule has 0 aliphatic heterocycles. The van der Waals surface area contributed by atoms with Crippen LogP contribution < -0.4 is 25.4 Å². The van der Waals surface area contributed by atoms with E-state index in [2.05, 4.69) is 20.9 Å². The Hall–Kier alpha value is -3.22. The van der Waals surface area contributed by atoms with Gasteiger partial charge in [-0.25, -0.2) is 4.99 Å². The first-order valence-corrected chi connectivity index (χ1v) is 9.15. The van der Waals surface area contributed by atoms with Crippen molar-refractivity contribution in [1.82, 2.24) is 10.6 Å². The van der Waals surface area contributed by atoms with Crippen molar-refractivity contribution in [2.75, 3.05) is 26.1 Å². The van der Waals surface area contributed by atoms with Crippen LogP contribution in [0.15, 0.2) is 47.5 Å². The number of nitrogens with zero attached hydrogens (tertiary/aromatic N) is 1. The maximum Gasteiger partial charge on any atom is 0.221 e. The van der Waals surface area contributed by atoms with Gasteiger partial charge in [0.15, 0.2) is 5.96 Å². The third kappa shape index (κ3) is 6.50. The van der Waals surface area contributed by atoms with Crippen molar-refractivity contribution in [1.29, 1.82) is 0 Å². The van der Waals surface area contributed by atoms with Crippen LogP contribution in [0.3, 0.4) is 0 Å². The summed E-state index contributed by atoms with van der Waals surface area (Å²) in [5.74, 6) is 2.01. The van der Waals surface area contributed by atoms with E-state index >= 15 is 0 Å². The number of carbonyl (C=O) groups is 1. The summed E-state index contributed by atoms with van der Waals surface area (Å²) in [6.45, 7) is 5.33. The molecule has 2 rings (SSSR count). The highest BCUT2D eigenvalue weighted by molar-refractivity contribution is 5.90. The third-order valence-electron chi connectivity index (χ3n) is 3.93. The highest BCUT2D eigenvalue weighted by atomic mass is 16.5. The number of hydrogen-bond donors (Lipinski definition) is 3. The van der Waals surface area contributed by atoms with Gasteiger partial charge in [0.05, 0.1) is 26.5 Å². The van der Waals surface area contributed by atoms with Gasteiger partial charge in [0.25, 0.3) is 0 Å². The van der Waals surface area contributed by atoms with E-state index in [4.69, 9.17) is 9.47 Å². The van der Waals surface area contributed by atoms with E-state index in [1.54, 1.807) is 14.2 Å². The maximum absolute atomic E-state index is 11.4. The summed E-state index contributed by atoms with van der Waals surface area (Å²) >= 11 is 0. The average Bonchev–Trinajstić information content (AvgIpc) is 2.70. The number of amides is 1. The molecule has 0 fully saturated rings. The summed E-state index contributed by atoms with van der Waals surface area (Å²) in [6.07, 6.45) is 0. The zero-order valence-electron chi connectivity index (χ0n) is 16.8. The Bertz CT molecular complexity index is 821. The number of methoxy groups -OCH3 is 2. The Balaban J connectivity index is 2.06. The van der Waals surface area contributed by atoms with Gasteiger partial charge in [0.1, 0.15) is 11.5 Å². The second kappa shape index (κ2) is 10.8. The van der Waals surface area contributed by atoms with Crippen LogP contribution in [0.25, 0.3) is 0 Å². The van der Waals surface area contributed by atoms with Gasteiger partial charge in [-0.05, 0) is 42.3 Å². The fourth-order valence-corrected chi connectivity index (χ4v) is 2.62. The van der Waals surface area contributed by atoms with E-state index < -0.39 is 0 Å². The summed E-state index contributed by atoms with van der Waals surface area (Å²) in [4.78, 5) is 16.0. The molecule has 0 aliphatic rings. The predicted octanol–water partition coefficient (Wildman–Crippen LogP) is 2.92. The van der Waals surface area contributed by atoms with Gasteiger partial charge in [0.2, 0.25) is 5.91 Å². The molecule has 7 heteroatoms. The average molecular weight is 384 g/mol. The van der Waals surface area contributed by atoms with E-state index in [0.29, 0.717) is 30.5 Å².